The van der Waals surface area contributed by atoms with E-state index in [1.807, 2.05) is 66.1 Å². The van der Waals surface area contributed by atoms with E-state index in [-0.39, 0.29) is 17.7 Å². The van der Waals surface area contributed by atoms with Crippen LogP contribution in [0.5, 0.6) is 5.75 Å². The van der Waals surface area contributed by atoms with E-state index in [2.05, 4.69) is 15.7 Å². The largest absolute Gasteiger partial charge is 0.488 e. The third-order valence-corrected chi connectivity index (χ3v) is 3.65. The van der Waals surface area contributed by atoms with Gasteiger partial charge in [-0.05, 0) is 46.2 Å². The zero-order valence-corrected chi connectivity index (χ0v) is 15.9. The van der Waals surface area contributed by atoms with Crippen molar-refractivity contribution in [2.45, 2.75) is 52.8 Å². The summed E-state index contributed by atoms with van der Waals surface area (Å²) in [6.45, 7) is 10.4. The van der Waals surface area contributed by atoms with Crippen molar-refractivity contribution in [1.29, 1.82) is 0 Å². The highest BCUT2D eigenvalue weighted by Gasteiger charge is 2.16. The molecule has 1 unspecified atom stereocenters. The third kappa shape index (κ3) is 5.81. The van der Waals surface area contributed by atoms with E-state index in [0.29, 0.717) is 6.54 Å². The summed E-state index contributed by atoms with van der Waals surface area (Å²) in [4.78, 5) is 12.2. The number of rotatable bonds is 5. The maximum atomic E-state index is 12.2. The van der Waals surface area contributed by atoms with E-state index in [4.69, 9.17) is 4.74 Å². The van der Waals surface area contributed by atoms with Gasteiger partial charge in [0.05, 0.1) is 12.2 Å². The summed E-state index contributed by atoms with van der Waals surface area (Å²) >= 11 is 0. The lowest BCUT2D eigenvalue weighted by Crippen LogP contribution is -2.36. The summed E-state index contributed by atoms with van der Waals surface area (Å²) in [7, 11) is 1.85. The Morgan fingerprint density at radius 3 is 2.68 bits per heavy atom. The number of amides is 2. The SMILES string of the molecule is Cc1ccc(CNC(=O)NC(C)c2cnn(C)c2)c(OC(C)(C)C)c1. The summed E-state index contributed by atoms with van der Waals surface area (Å²) in [5.74, 6) is 0.799. The van der Waals surface area contributed by atoms with Crippen LogP contribution < -0.4 is 15.4 Å². The first kappa shape index (κ1) is 18.8. The molecule has 0 aliphatic carbocycles. The van der Waals surface area contributed by atoms with Crippen LogP contribution in [0.25, 0.3) is 0 Å². The van der Waals surface area contributed by atoms with Gasteiger partial charge in [0.1, 0.15) is 11.4 Å². The summed E-state index contributed by atoms with van der Waals surface area (Å²) in [5, 5.41) is 9.93. The number of carbonyl (C=O) groups is 1. The molecule has 0 aliphatic rings. The minimum Gasteiger partial charge on any atom is -0.488 e. The molecule has 0 radical (unpaired) electrons. The van der Waals surface area contributed by atoms with Crippen LogP contribution in [0.15, 0.2) is 30.6 Å². The van der Waals surface area contributed by atoms with Crippen LogP contribution in [-0.4, -0.2) is 21.4 Å². The highest BCUT2D eigenvalue weighted by Crippen LogP contribution is 2.24. The first-order valence-electron chi connectivity index (χ1n) is 8.45. The second-order valence-electron chi connectivity index (χ2n) is 7.32. The number of benzene rings is 1. The molecule has 0 spiro atoms. The lowest BCUT2D eigenvalue weighted by Gasteiger charge is -2.24. The van der Waals surface area contributed by atoms with Gasteiger partial charge in [-0.2, -0.15) is 5.10 Å². The summed E-state index contributed by atoms with van der Waals surface area (Å²) < 4.78 is 7.73. The Morgan fingerprint density at radius 1 is 1.36 bits per heavy atom. The number of carbonyl (C=O) groups excluding carboxylic acids is 1. The second-order valence-corrected chi connectivity index (χ2v) is 7.32. The van der Waals surface area contributed by atoms with Gasteiger partial charge in [0.2, 0.25) is 0 Å². The van der Waals surface area contributed by atoms with Gasteiger partial charge < -0.3 is 15.4 Å². The predicted molar refractivity (Wildman–Crippen MR) is 98.6 cm³/mol. The Morgan fingerprint density at radius 2 is 2.08 bits per heavy atom. The van der Waals surface area contributed by atoms with Crippen LogP contribution >= 0.6 is 0 Å². The van der Waals surface area contributed by atoms with Gasteiger partial charge >= 0.3 is 6.03 Å². The molecule has 1 atom stereocenters. The van der Waals surface area contributed by atoms with Gasteiger partial charge in [-0.3, -0.25) is 4.68 Å². The molecule has 0 bridgehead atoms. The second kappa shape index (κ2) is 7.59. The molecule has 1 heterocycles. The zero-order valence-electron chi connectivity index (χ0n) is 15.9. The molecule has 0 saturated carbocycles. The lowest BCUT2D eigenvalue weighted by molar-refractivity contribution is 0.129. The van der Waals surface area contributed by atoms with E-state index in [1.54, 1.807) is 10.9 Å². The molecule has 136 valence electrons. The van der Waals surface area contributed by atoms with Gasteiger partial charge in [-0.15, -0.1) is 0 Å². The minimum absolute atomic E-state index is 0.114. The molecular weight excluding hydrogens is 316 g/mol. The van der Waals surface area contributed by atoms with Gasteiger partial charge in [0.15, 0.2) is 0 Å². The van der Waals surface area contributed by atoms with E-state index in [1.165, 1.54) is 0 Å². The average molecular weight is 344 g/mol. The van der Waals surface area contributed by atoms with Crippen molar-refractivity contribution in [2.75, 3.05) is 0 Å². The predicted octanol–water partition coefficient (Wildman–Crippen LogP) is 3.47. The van der Waals surface area contributed by atoms with Gasteiger partial charge in [0.25, 0.3) is 0 Å². The van der Waals surface area contributed by atoms with Crippen molar-refractivity contribution in [3.05, 3.63) is 47.3 Å². The standard InChI is InChI=1S/C19H28N4O2/c1-13-7-8-15(17(9-13)25-19(3,4)5)10-20-18(24)22-14(2)16-11-21-23(6)12-16/h7-9,11-12,14H,10H2,1-6H3,(H2,20,22,24). The maximum Gasteiger partial charge on any atom is 0.315 e. The van der Waals surface area contributed by atoms with Crippen LogP contribution in [0, 0.1) is 6.92 Å². The molecule has 0 aliphatic heterocycles. The van der Waals surface area contributed by atoms with Gasteiger partial charge in [-0.25, -0.2) is 4.79 Å². The molecule has 2 aromatic rings. The lowest BCUT2D eigenvalue weighted by atomic mass is 10.1. The van der Waals surface area contributed by atoms with E-state index >= 15 is 0 Å². The molecular formula is C19H28N4O2. The summed E-state index contributed by atoms with van der Waals surface area (Å²) in [6, 6.07) is 5.66. The molecule has 0 fully saturated rings. The van der Waals surface area contributed by atoms with Gasteiger partial charge in [-0.1, -0.05) is 12.1 Å². The fourth-order valence-corrected chi connectivity index (χ4v) is 2.40. The summed E-state index contributed by atoms with van der Waals surface area (Å²) in [5.41, 5.74) is 2.74. The number of aryl methyl sites for hydroxylation is 2. The molecule has 2 amide bonds. The van der Waals surface area contributed by atoms with E-state index < -0.39 is 0 Å². The molecule has 2 N–H and O–H groups in total. The van der Waals surface area contributed by atoms with Crippen molar-refractivity contribution in [3.63, 3.8) is 0 Å². The molecule has 6 nitrogen and oxygen atoms in total. The Bertz CT molecular complexity index is 731. The quantitative estimate of drug-likeness (QED) is 0.873. The molecule has 6 heteroatoms. The van der Waals surface area contributed by atoms with Crippen LogP contribution in [-0.2, 0) is 13.6 Å². The highest BCUT2D eigenvalue weighted by atomic mass is 16.5. The van der Waals surface area contributed by atoms with E-state index in [0.717, 1.165) is 22.4 Å². The van der Waals surface area contributed by atoms with Crippen LogP contribution in [0.4, 0.5) is 4.79 Å². The molecule has 25 heavy (non-hydrogen) atoms. The topological polar surface area (TPSA) is 68.2 Å². The van der Waals surface area contributed by atoms with Gasteiger partial charge in [0, 0.05) is 30.9 Å². The van der Waals surface area contributed by atoms with E-state index in [9.17, 15) is 4.79 Å². The van der Waals surface area contributed by atoms with Crippen LogP contribution in [0.1, 0.15) is 50.4 Å². The number of ether oxygens (including phenoxy) is 1. The molecule has 1 aromatic carbocycles. The number of hydrogen-bond donors (Lipinski definition) is 2. The smallest absolute Gasteiger partial charge is 0.315 e. The normalized spacial score (nSPS) is 12.6. The van der Waals surface area contributed by atoms with Crippen molar-refractivity contribution in [3.8, 4) is 5.75 Å². The van der Waals surface area contributed by atoms with Crippen molar-refractivity contribution >= 4 is 6.03 Å². The number of nitrogens with zero attached hydrogens (tertiary/aromatic N) is 2. The Kier molecular flexibility index (Phi) is 5.72. The Balaban J connectivity index is 1.97. The minimum atomic E-state index is -0.292. The third-order valence-electron chi connectivity index (χ3n) is 3.65. The molecule has 0 saturated heterocycles. The monoisotopic (exact) mass is 344 g/mol. The first-order chi connectivity index (χ1) is 11.6. The molecule has 2 rings (SSSR count). The number of nitrogens with one attached hydrogen (secondary N) is 2. The number of hydrogen-bond acceptors (Lipinski definition) is 3. The highest BCUT2D eigenvalue weighted by molar-refractivity contribution is 5.74. The Hall–Kier alpha value is -2.50. The van der Waals surface area contributed by atoms with Crippen LogP contribution in [0.2, 0.25) is 0 Å². The zero-order chi connectivity index (χ0) is 18.6. The van der Waals surface area contributed by atoms with Crippen molar-refractivity contribution in [1.82, 2.24) is 20.4 Å². The fourth-order valence-electron chi connectivity index (χ4n) is 2.40. The van der Waals surface area contributed by atoms with Crippen molar-refractivity contribution in [2.24, 2.45) is 7.05 Å². The number of urea groups is 1. The first-order valence-corrected chi connectivity index (χ1v) is 8.45. The number of aromatic nitrogens is 2. The van der Waals surface area contributed by atoms with Crippen molar-refractivity contribution < 1.29 is 9.53 Å². The van der Waals surface area contributed by atoms with Crippen LogP contribution in [0.3, 0.4) is 0 Å². The average Bonchev–Trinajstić information content (AvgIpc) is 2.91. The fraction of sp³-hybridized carbons (Fsp3) is 0.474. The Labute approximate surface area is 149 Å². The maximum absolute atomic E-state index is 12.2. The molecule has 1 aromatic heterocycles. The summed E-state index contributed by atoms with van der Waals surface area (Å²) in [6.07, 6.45) is 3.64.